The number of pyridine rings is 1. The van der Waals surface area contributed by atoms with Gasteiger partial charge in [0.2, 0.25) is 5.88 Å². The summed E-state index contributed by atoms with van der Waals surface area (Å²) in [6.07, 6.45) is -0.186. The number of carboxylic acids is 1. The zero-order valence-electron chi connectivity index (χ0n) is 12.1. The summed E-state index contributed by atoms with van der Waals surface area (Å²) in [6.45, 7) is 8.19. The predicted octanol–water partition coefficient (Wildman–Crippen LogP) is 2.49. The molecule has 19 heavy (non-hydrogen) atoms. The highest BCUT2D eigenvalue weighted by Gasteiger charge is 2.20. The fourth-order valence-corrected chi connectivity index (χ4v) is 1.55. The van der Waals surface area contributed by atoms with E-state index in [-0.39, 0.29) is 17.1 Å². The van der Waals surface area contributed by atoms with Crippen LogP contribution in [-0.4, -0.2) is 35.9 Å². The molecule has 5 nitrogen and oxygen atoms in total. The zero-order valence-corrected chi connectivity index (χ0v) is 12.1. The normalized spacial score (nSPS) is 13.1. The Morgan fingerprint density at radius 3 is 2.53 bits per heavy atom. The molecule has 106 valence electrons. The summed E-state index contributed by atoms with van der Waals surface area (Å²) in [5, 5.41) is 9.13. The van der Waals surface area contributed by atoms with Crippen molar-refractivity contribution in [3.8, 4) is 5.88 Å². The van der Waals surface area contributed by atoms with Gasteiger partial charge in [0.1, 0.15) is 6.10 Å². The van der Waals surface area contributed by atoms with Gasteiger partial charge in [0.25, 0.3) is 0 Å². The molecule has 0 radical (unpaired) electrons. The van der Waals surface area contributed by atoms with E-state index in [1.54, 1.807) is 13.2 Å². The molecule has 0 fully saturated rings. The van der Waals surface area contributed by atoms with Crippen LogP contribution < -0.4 is 4.74 Å². The number of nitrogens with zero attached hydrogens (tertiary/aromatic N) is 1. The fraction of sp³-hybridized carbons (Fsp3) is 0.571. The van der Waals surface area contributed by atoms with Crippen molar-refractivity contribution in [3.05, 3.63) is 23.4 Å². The minimum atomic E-state index is -0.989. The van der Waals surface area contributed by atoms with Crippen molar-refractivity contribution in [3.63, 3.8) is 0 Å². The van der Waals surface area contributed by atoms with E-state index in [1.165, 1.54) is 6.07 Å². The lowest BCUT2D eigenvalue weighted by Gasteiger charge is -2.20. The highest BCUT2D eigenvalue weighted by Crippen LogP contribution is 2.24. The number of hydrogen-bond donors (Lipinski definition) is 1. The maximum atomic E-state index is 11.1. The van der Waals surface area contributed by atoms with Gasteiger partial charge < -0.3 is 14.6 Å². The minimum absolute atomic E-state index is 0.180. The molecule has 0 saturated heterocycles. The van der Waals surface area contributed by atoms with Crippen molar-refractivity contribution in [2.45, 2.75) is 39.2 Å². The van der Waals surface area contributed by atoms with Gasteiger partial charge in [0.05, 0.1) is 17.9 Å². The van der Waals surface area contributed by atoms with E-state index < -0.39 is 5.97 Å². The highest BCUT2D eigenvalue weighted by atomic mass is 16.5. The van der Waals surface area contributed by atoms with Crippen molar-refractivity contribution in [1.82, 2.24) is 4.98 Å². The maximum Gasteiger partial charge on any atom is 0.335 e. The number of carboxylic acid groups (broad SMARTS) is 1. The van der Waals surface area contributed by atoms with Gasteiger partial charge in [0.15, 0.2) is 0 Å². The van der Waals surface area contributed by atoms with E-state index in [2.05, 4.69) is 4.98 Å². The van der Waals surface area contributed by atoms with Gasteiger partial charge in [-0.3, -0.25) is 0 Å². The SMILES string of the molecule is COCC(C)Oc1cc(C(=O)O)cc(C(C)(C)C)n1. The number of hydrogen-bond acceptors (Lipinski definition) is 4. The molecule has 1 atom stereocenters. The lowest BCUT2D eigenvalue weighted by atomic mass is 9.91. The molecule has 0 bridgehead atoms. The first-order valence-corrected chi connectivity index (χ1v) is 6.15. The van der Waals surface area contributed by atoms with E-state index in [4.69, 9.17) is 14.6 Å². The Bertz CT molecular complexity index is 451. The van der Waals surface area contributed by atoms with Crippen LogP contribution in [0.2, 0.25) is 0 Å². The van der Waals surface area contributed by atoms with Crippen molar-refractivity contribution in [2.24, 2.45) is 0 Å². The van der Waals surface area contributed by atoms with Crippen LogP contribution in [0.1, 0.15) is 43.7 Å². The Morgan fingerprint density at radius 2 is 2.05 bits per heavy atom. The molecule has 0 aliphatic rings. The van der Waals surface area contributed by atoms with Crippen LogP contribution in [0.4, 0.5) is 0 Å². The van der Waals surface area contributed by atoms with E-state index in [1.807, 2.05) is 27.7 Å². The average Bonchev–Trinajstić information content (AvgIpc) is 2.27. The van der Waals surface area contributed by atoms with Gasteiger partial charge in [-0.05, 0) is 13.0 Å². The standard InChI is InChI=1S/C14H21NO4/c1-9(8-18-5)19-12-7-10(13(16)17)6-11(15-12)14(2,3)4/h6-7,9H,8H2,1-5H3,(H,16,17). The maximum absolute atomic E-state index is 11.1. The average molecular weight is 267 g/mol. The first-order valence-electron chi connectivity index (χ1n) is 6.15. The molecule has 1 heterocycles. The summed E-state index contributed by atoms with van der Waals surface area (Å²) in [4.78, 5) is 15.5. The van der Waals surface area contributed by atoms with Crippen LogP contribution in [0, 0.1) is 0 Å². The van der Waals surface area contributed by atoms with E-state index in [9.17, 15) is 4.79 Å². The second kappa shape index (κ2) is 6.02. The summed E-state index contributed by atoms with van der Waals surface area (Å²) in [7, 11) is 1.58. The summed E-state index contributed by atoms with van der Waals surface area (Å²) in [5.41, 5.74) is 0.625. The Kier molecular flexibility index (Phi) is 4.89. The summed E-state index contributed by atoms with van der Waals surface area (Å²) in [5.74, 6) is -0.675. The quantitative estimate of drug-likeness (QED) is 0.887. The lowest BCUT2D eigenvalue weighted by Crippen LogP contribution is -2.21. The zero-order chi connectivity index (χ0) is 14.6. The van der Waals surface area contributed by atoms with Gasteiger partial charge in [-0.2, -0.15) is 0 Å². The molecule has 1 aromatic rings. The number of rotatable bonds is 5. The first kappa shape index (κ1) is 15.4. The minimum Gasteiger partial charge on any atom is -0.478 e. The largest absolute Gasteiger partial charge is 0.478 e. The van der Waals surface area contributed by atoms with Crippen LogP contribution in [0.5, 0.6) is 5.88 Å². The van der Waals surface area contributed by atoms with Crippen LogP contribution in [0.25, 0.3) is 0 Å². The summed E-state index contributed by atoms with van der Waals surface area (Å²) < 4.78 is 10.6. The molecular weight excluding hydrogens is 246 g/mol. The summed E-state index contributed by atoms with van der Waals surface area (Å²) in [6, 6.07) is 3.01. The number of carbonyl (C=O) groups is 1. The van der Waals surface area contributed by atoms with Gasteiger partial charge >= 0.3 is 5.97 Å². The third-order valence-electron chi connectivity index (χ3n) is 2.54. The molecule has 5 heteroatoms. The molecule has 1 N–H and O–H groups in total. The van der Waals surface area contributed by atoms with Crippen molar-refractivity contribution in [1.29, 1.82) is 0 Å². The molecule has 0 aromatic carbocycles. The smallest absolute Gasteiger partial charge is 0.335 e. The van der Waals surface area contributed by atoms with Gasteiger partial charge in [-0.1, -0.05) is 20.8 Å². The van der Waals surface area contributed by atoms with E-state index >= 15 is 0 Å². The van der Waals surface area contributed by atoms with Crippen LogP contribution in [0.3, 0.4) is 0 Å². The molecule has 1 aromatic heterocycles. The van der Waals surface area contributed by atoms with Crippen molar-refractivity contribution >= 4 is 5.97 Å². The molecule has 1 unspecified atom stereocenters. The number of methoxy groups -OCH3 is 1. The van der Waals surface area contributed by atoms with Crippen LogP contribution >= 0.6 is 0 Å². The monoisotopic (exact) mass is 267 g/mol. The number of ether oxygens (including phenoxy) is 2. The molecular formula is C14H21NO4. The number of aromatic carboxylic acids is 1. The Morgan fingerprint density at radius 1 is 1.42 bits per heavy atom. The topological polar surface area (TPSA) is 68.7 Å². The summed E-state index contributed by atoms with van der Waals surface area (Å²) >= 11 is 0. The highest BCUT2D eigenvalue weighted by molar-refractivity contribution is 5.88. The third kappa shape index (κ3) is 4.52. The van der Waals surface area contributed by atoms with Crippen LogP contribution in [0.15, 0.2) is 12.1 Å². The van der Waals surface area contributed by atoms with Gasteiger partial charge in [-0.15, -0.1) is 0 Å². The van der Waals surface area contributed by atoms with Crippen molar-refractivity contribution < 1.29 is 19.4 Å². The molecule has 0 aliphatic heterocycles. The predicted molar refractivity (Wildman–Crippen MR) is 71.9 cm³/mol. The molecule has 0 saturated carbocycles. The molecule has 0 spiro atoms. The van der Waals surface area contributed by atoms with E-state index in [0.29, 0.717) is 18.2 Å². The Balaban J connectivity index is 3.10. The van der Waals surface area contributed by atoms with Gasteiger partial charge in [0, 0.05) is 18.6 Å². The third-order valence-corrected chi connectivity index (χ3v) is 2.54. The molecule has 0 aliphatic carbocycles. The van der Waals surface area contributed by atoms with Gasteiger partial charge in [-0.25, -0.2) is 9.78 Å². The molecule has 1 rings (SSSR count). The lowest BCUT2D eigenvalue weighted by molar-refractivity contribution is 0.0692. The second-order valence-electron chi connectivity index (χ2n) is 5.52. The van der Waals surface area contributed by atoms with Crippen LogP contribution in [-0.2, 0) is 10.2 Å². The Labute approximate surface area is 113 Å². The number of aromatic nitrogens is 1. The molecule has 0 amide bonds. The second-order valence-corrected chi connectivity index (χ2v) is 5.52. The van der Waals surface area contributed by atoms with Crippen molar-refractivity contribution in [2.75, 3.05) is 13.7 Å². The Hall–Kier alpha value is -1.62. The fourth-order valence-electron chi connectivity index (χ4n) is 1.55. The van der Waals surface area contributed by atoms with E-state index in [0.717, 1.165) is 0 Å². The first-order chi connectivity index (χ1) is 8.74.